The number of amides is 1. The maximum Gasteiger partial charge on any atom is 0.225 e. The second-order valence-corrected chi connectivity index (χ2v) is 5.04. The topological polar surface area (TPSA) is 58.2 Å². The Morgan fingerprint density at radius 3 is 2.89 bits per heavy atom. The number of ketones is 1. The van der Waals surface area contributed by atoms with E-state index < -0.39 is 0 Å². The summed E-state index contributed by atoms with van der Waals surface area (Å²) in [6.07, 6.45) is 3.93. The molecule has 0 saturated carbocycles. The Kier molecular flexibility index (Phi) is 4.68. The van der Waals surface area contributed by atoms with Gasteiger partial charge in [-0.1, -0.05) is 18.6 Å². The highest BCUT2D eigenvalue weighted by Crippen LogP contribution is 2.14. The van der Waals surface area contributed by atoms with Crippen molar-refractivity contribution in [2.75, 3.05) is 11.9 Å². The standard InChI is InChI=1S/C15H20N2O2/c1-11(18)12-5-4-7-14(9-12)17-15(19)10-13-6-2-3-8-16-13/h4-5,7,9,13,16H,2-3,6,8,10H2,1H3,(H,17,19). The first-order valence-electron chi connectivity index (χ1n) is 6.79. The van der Waals surface area contributed by atoms with Crippen molar-refractivity contribution in [3.63, 3.8) is 0 Å². The Hall–Kier alpha value is -1.68. The highest BCUT2D eigenvalue weighted by molar-refractivity contribution is 5.97. The lowest BCUT2D eigenvalue weighted by atomic mass is 10.0. The van der Waals surface area contributed by atoms with Crippen LogP contribution in [0.5, 0.6) is 0 Å². The number of rotatable bonds is 4. The van der Waals surface area contributed by atoms with Crippen LogP contribution in [0.1, 0.15) is 43.0 Å². The summed E-state index contributed by atoms with van der Waals surface area (Å²) in [5.41, 5.74) is 1.31. The van der Waals surface area contributed by atoms with Gasteiger partial charge < -0.3 is 10.6 Å². The smallest absolute Gasteiger partial charge is 0.225 e. The number of nitrogens with one attached hydrogen (secondary N) is 2. The number of piperidine rings is 1. The van der Waals surface area contributed by atoms with E-state index in [4.69, 9.17) is 0 Å². The van der Waals surface area contributed by atoms with Gasteiger partial charge in [-0.25, -0.2) is 0 Å². The Morgan fingerprint density at radius 2 is 2.21 bits per heavy atom. The fraction of sp³-hybridized carbons (Fsp3) is 0.467. The Bertz CT molecular complexity index is 465. The SMILES string of the molecule is CC(=O)c1cccc(NC(=O)CC2CCCCN2)c1. The van der Waals surface area contributed by atoms with Gasteiger partial charge in [-0.2, -0.15) is 0 Å². The van der Waals surface area contributed by atoms with Crippen LogP contribution in [-0.2, 0) is 4.79 Å². The minimum Gasteiger partial charge on any atom is -0.326 e. The van der Waals surface area contributed by atoms with Crippen molar-refractivity contribution >= 4 is 17.4 Å². The highest BCUT2D eigenvalue weighted by Gasteiger charge is 2.16. The summed E-state index contributed by atoms with van der Waals surface area (Å²) in [4.78, 5) is 23.2. The molecular formula is C15H20N2O2. The summed E-state index contributed by atoms with van der Waals surface area (Å²) >= 11 is 0. The van der Waals surface area contributed by atoms with E-state index >= 15 is 0 Å². The van der Waals surface area contributed by atoms with Crippen LogP contribution in [0.4, 0.5) is 5.69 Å². The van der Waals surface area contributed by atoms with Gasteiger partial charge in [0.25, 0.3) is 0 Å². The van der Waals surface area contributed by atoms with E-state index in [2.05, 4.69) is 10.6 Å². The van der Waals surface area contributed by atoms with Crippen molar-refractivity contribution < 1.29 is 9.59 Å². The van der Waals surface area contributed by atoms with E-state index in [0.29, 0.717) is 17.7 Å². The highest BCUT2D eigenvalue weighted by atomic mass is 16.1. The van der Waals surface area contributed by atoms with Gasteiger partial charge in [0.2, 0.25) is 5.91 Å². The lowest BCUT2D eigenvalue weighted by Gasteiger charge is -2.22. The third kappa shape index (κ3) is 4.17. The number of carbonyl (C=O) groups excluding carboxylic acids is 2. The molecular weight excluding hydrogens is 240 g/mol. The zero-order valence-corrected chi connectivity index (χ0v) is 11.2. The molecule has 1 amide bonds. The number of Topliss-reactive ketones (excluding diaryl/α,β-unsaturated/α-hetero) is 1. The van der Waals surface area contributed by atoms with Gasteiger partial charge in [0.1, 0.15) is 0 Å². The summed E-state index contributed by atoms with van der Waals surface area (Å²) in [6, 6.07) is 7.34. The minimum atomic E-state index is 0.0000945. The van der Waals surface area contributed by atoms with Crippen molar-refractivity contribution in [3.05, 3.63) is 29.8 Å². The monoisotopic (exact) mass is 260 g/mol. The second-order valence-electron chi connectivity index (χ2n) is 5.04. The lowest BCUT2D eigenvalue weighted by Crippen LogP contribution is -2.36. The first kappa shape index (κ1) is 13.7. The first-order chi connectivity index (χ1) is 9.15. The van der Waals surface area contributed by atoms with Crippen LogP contribution in [0.15, 0.2) is 24.3 Å². The van der Waals surface area contributed by atoms with Crippen LogP contribution < -0.4 is 10.6 Å². The van der Waals surface area contributed by atoms with Crippen molar-refractivity contribution in [2.24, 2.45) is 0 Å². The van der Waals surface area contributed by atoms with Crippen LogP contribution in [0.25, 0.3) is 0 Å². The Balaban J connectivity index is 1.90. The predicted molar refractivity (Wildman–Crippen MR) is 75.3 cm³/mol. The molecule has 102 valence electrons. The lowest BCUT2D eigenvalue weighted by molar-refractivity contribution is -0.116. The molecule has 0 aliphatic carbocycles. The van der Waals surface area contributed by atoms with Gasteiger partial charge in [0.05, 0.1) is 0 Å². The van der Waals surface area contributed by atoms with Gasteiger partial charge in [-0.05, 0) is 38.4 Å². The third-order valence-corrected chi connectivity index (χ3v) is 3.40. The zero-order valence-electron chi connectivity index (χ0n) is 11.2. The molecule has 1 aromatic rings. The summed E-state index contributed by atoms with van der Waals surface area (Å²) < 4.78 is 0. The minimum absolute atomic E-state index is 0.0000945. The average Bonchev–Trinajstić information content (AvgIpc) is 2.40. The summed E-state index contributed by atoms with van der Waals surface area (Å²) in [6.45, 7) is 2.52. The molecule has 4 nitrogen and oxygen atoms in total. The van der Waals surface area contributed by atoms with Crippen LogP contribution in [0.3, 0.4) is 0 Å². The van der Waals surface area contributed by atoms with Gasteiger partial charge in [-0.15, -0.1) is 0 Å². The Labute approximate surface area is 113 Å². The van der Waals surface area contributed by atoms with Crippen LogP contribution in [-0.4, -0.2) is 24.3 Å². The number of hydrogen-bond acceptors (Lipinski definition) is 3. The molecule has 4 heteroatoms. The molecule has 1 fully saturated rings. The molecule has 1 aromatic carbocycles. The fourth-order valence-corrected chi connectivity index (χ4v) is 2.35. The molecule has 1 aliphatic rings. The molecule has 1 atom stereocenters. The van der Waals surface area contributed by atoms with E-state index in [1.54, 1.807) is 24.3 Å². The van der Waals surface area contributed by atoms with E-state index in [1.165, 1.54) is 19.8 Å². The van der Waals surface area contributed by atoms with Crippen molar-refractivity contribution in [1.29, 1.82) is 0 Å². The van der Waals surface area contributed by atoms with Crippen LogP contribution >= 0.6 is 0 Å². The predicted octanol–water partition coefficient (Wildman–Crippen LogP) is 2.36. The summed E-state index contributed by atoms with van der Waals surface area (Å²) in [7, 11) is 0. The van der Waals surface area contributed by atoms with Crippen molar-refractivity contribution in [1.82, 2.24) is 5.32 Å². The number of hydrogen-bond donors (Lipinski definition) is 2. The molecule has 1 aliphatic heterocycles. The maximum absolute atomic E-state index is 11.9. The molecule has 0 radical (unpaired) electrons. The molecule has 0 aromatic heterocycles. The molecule has 2 N–H and O–H groups in total. The van der Waals surface area contributed by atoms with Crippen LogP contribution in [0.2, 0.25) is 0 Å². The quantitative estimate of drug-likeness (QED) is 0.817. The molecule has 1 heterocycles. The molecule has 1 unspecified atom stereocenters. The van der Waals surface area contributed by atoms with Crippen molar-refractivity contribution in [2.45, 2.75) is 38.6 Å². The summed E-state index contributed by atoms with van der Waals surface area (Å²) in [5, 5.41) is 6.20. The fourth-order valence-electron chi connectivity index (χ4n) is 2.35. The average molecular weight is 260 g/mol. The number of anilines is 1. The van der Waals surface area contributed by atoms with E-state index in [-0.39, 0.29) is 17.7 Å². The van der Waals surface area contributed by atoms with E-state index in [0.717, 1.165) is 13.0 Å². The van der Waals surface area contributed by atoms with Gasteiger partial charge >= 0.3 is 0 Å². The normalized spacial score (nSPS) is 18.9. The Morgan fingerprint density at radius 1 is 1.37 bits per heavy atom. The largest absolute Gasteiger partial charge is 0.326 e. The molecule has 1 saturated heterocycles. The number of carbonyl (C=O) groups is 2. The second kappa shape index (κ2) is 6.48. The zero-order chi connectivity index (χ0) is 13.7. The molecule has 19 heavy (non-hydrogen) atoms. The first-order valence-corrected chi connectivity index (χ1v) is 6.79. The maximum atomic E-state index is 11.9. The van der Waals surface area contributed by atoms with Crippen molar-refractivity contribution in [3.8, 4) is 0 Å². The van der Waals surface area contributed by atoms with E-state index in [1.807, 2.05) is 0 Å². The number of benzene rings is 1. The third-order valence-electron chi connectivity index (χ3n) is 3.40. The molecule has 0 spiro atoms. The molecule has 2 rings (SSSR count). The van der Waals surface area contributed by atoms with Gasteiger partial charge in [0.15, 0.2) is 5.78 Å². The van der Waals surface area contributed by atoms with Gasteiger partial charge in [0, 0.05) is 23.7 Å². The molecule has 0 bridgehead atoms. The van der Waals surface area contributed by atoms with E-state index in [9.17, 15) is 9.59 Å². The summed E-state index contributed by atoms with van der Waals surface area (Å²) in [5.74, 6) is 0.00477. The van der Waals surface area contributed by atoms with Crippen LogP contribution in [0, 0.1) is 0 Å². The van der Waals surface area contributed by atoms with Gasteiger partial charge in [-0.3, -0.25) is 9.59 Å².